The maximum atomic E-state index is 13.3. The number of carboxylic acid groups (broad SMARTS) is 1. The Balaban J connectivity index is 0.0000176. The molecule has 1 amide bonds. The molecular formula is C24H28ClI3N2O13. The Kier molecular flexibility index (Phi) is 17.6. The molecule has 0 heterocycles. The van der Waals surface area contributed by atoms with Crippen LogP contribution in [-0.4, -0.2) is 84.4 Å². The summed E-state index contributed by atoms with van der Waals surface area (Å²) in [7, 11) is 0. The lowest BCUT2D eigenvalue weighted by Crippen LogP contribution is -2.55. The van der Waals surface area contributed by atoms with Gasteiger partial charge in [0, 0.05) is 38.2 Å². The number of nitrogen functional groups attached to an aromatic ring is 1. The van der Waals surface area contributed by atoms with Gasteiger partial charge in [-0.3, -0.25) is 28.8 Å². The van der Waals surface area contributed by atoms with Gasteiger partial charge in [-0.1, -0.05) is 0 Å². The number of anilines is 1. The number of hydrogen-bond acceptors (Lipinski definition) is 13. The van der Waals surface area contributed by atoms with Gasteiger partial charge in [0.2, 0.25) is 0 Å². The summed E-state index contributed by atoms with van der Waals surface area (Å²) in [5.41, 5.74) is 5.82. The van der Waals surface area contributed by atoms with Crippen molar-refractivity contribution in [2.75, 3.05) is 18.9 Å². The fourth-order valence-corrected chi connectivity index (χ4v) is 7.61. The Bertz CT molecular complexity index is 1280. The molecule has 4 unspecified atom stereocenters. The standard InChI is InChI=1S/C24H27I3N2O13.ClH/c1-8(30)38-7-14(40-10(3)32)22(42-12(5)34)21(41-11(4)33)13(39-9(2)31)6-29-23(35)15-17(25)16(24(36)37)19(27)20(28)18(15)26;/h13-14,21-22H,6-7,28H2,1-5H3,(H,29,35)(H,36,37);1H. The van der Waals surface area contributed by atoms with Crippen molar-refractivity contribution in [2.45, 2.75) is 59.0 Å². The van der Waals surface area contributed by atoms with E-state index in [2.05, 4.69) is 5.32 Å². The Morgan fingerprint density at radius 2 is 1.12 bits per heavy atom. The first-order valence-electron chi connectivity index (χ1n) is 11.7. The van der Waals surface area contributed by atoms with Gasteiger partial charge in [-0.25, -0.2) is 4.79 Å². The molecule has 0 spiro atoms. The summed E-state index contributed by atoms with van der Waals surface area (Å²) in [5, 5.41) is 12.1. The van der Waals surface area contributed by atoms with Crippen LogP contribution >= 0.6 is 80.2 Å². The second kappa shape index (κ2) is 18.6. The predicted molar refractivity (Wildman–Crippen MR) is 174 cm³/mol. The normalized spacial score (nSPS) is 13.1. The largest absolute Gasteiger partial charge is 0.478 e. The molecule has 0 saturated heterocycles. The Morgan fingerprint density at radius 1 is 0.698 bits per heavy atom. The van der Waals surface area contributed by atoms with Crippen molar-refractivity contribution in [1.29, 1.82) is 0 Å². The summed E-state index contributed by atoms with van der Waals surface area (Å²) in [6, 6.07) is 0. The first kappa shape index (κ1) is 40.8. The van der Waals surface area contributed by atoms with Crippen LogP contribution in [0.4, 0.5) is 5.69 Å². The van der Waals surface area contributed by atoms with Crippen LogP contribution in [0.25, 0.3) is 0 Å². The van der Waals surface area contributed by atoms with Crippen LogP contribution in [-0.2, 0) is 47.7 Å². The highest BCUT2D eigenvalue weighted by Crippen LogP contribution is 2.34. The second-order valence-electron chi connectivity index (χ2n) is 8.37. The van der Waals surface area contributed by atoms with E-state index in [9.17, 15) is 38.7 Å². The number of rotatable bonds is 13. The predicted octanol–water partition coefficient (Wildman–Crippen LogP) is 2.22. The highest BCUT2D eigenvalue weighted by molar-refractivity contribution is 14.1. The average molecular weight is 969 g/mol. The van der Waals surface area contributed by atoms with Gasteiger partial charge in [-0.15, -0.1) is 12.4 Å². The number of benzene rings is 1. The highest BCUT2D eigenvalue weighted by Gasteiger charge is 2.44. The van der Waals surface area contributed by atoms with E-state index in [1.807, 2.05) is 0 Å². The zero-order chi connectivity index (χ0) is 32.5. The van der Waals surface area contributed by atoms with Crippen molar-refractivity contribution in [3.8, 4) is 0 Å². The number of aromatic carboxylic acids is 1. The maximum absolute atomic E-state index is 13.3. The number of amides is 1. The zero-order valence-corrected chi connectivity index (χ0v) is 30.5. The summed E-state index contributed by atoms with van der Waals surface area (Å²) in [5.74, 6) is -6.55. The van der Waals surface area contributed by atoms with E-state index >= 15 is 0 Å². The number of nitrogens with one attached hydrogen (secondary N) is 1. The minimum Gasteiger partial charge on any atom is -0.478 e. The summed E-state index contributed by atoms with van der Waals surface area (Å²) in [4.78, 5) is 84.7. The van der Waals surface area contributed by atoms with Gasteiger partial charge in [0.25, 0.3) is 5.91 Å². The van der Waals surface area contributed by atoms with Gasteiger partial charge in [0.15, 0.2) is 24.4 Å². The van der Waals surface area contributed by atoms with Crippen molar-refractivity contribution in [3.63, 3.8) is 0 Å². The molecule has 0 bridgehead atoms. The number of carboxylic acids is 1. The molecule has 4 N–H and O–H groups in total. The number of hydrogen-bond donors (Lipinski definition) is 3. The molecule has 0 aromatic heterocycles. The third kappa shape index (κ3) is 12.4. The molecule has 240 valence electrons. The van der Waals surface area contributed by atoms with Crippen LogP contribution in [0.5, 0.6) is 0 Å². The molecule has 19 heteroatoms. The third-order valence-electron chi connectivity index (χ3n) is 5.00. The van der Waals surface area contributed by atoms with Gasteiger partial charge in [-0.05, 0) is 67.8 Å². The molecule has 4 atom stereocenters. The van der Waals surface area contributed by atoms with Crippen molar-refractivity contribution in [3.05, 3.63) is 21.8 Å². The van der Waals surface area contributed by atoms with Gasteiger partial charge < -0.3 is 39.8 Å². The van der Waals surface area contributed by atoms with Crippen LogP contribution in [0, 0.1) is 10.7 Å². The molecular weight excluding hydrogens is 940 g/mol. The molecule has 0 fully saturated rings. The molecule has 1 rings (SSSR count). The fraction of sp³-hybridized carbons (Fsp3) is 0.458. The van der Waals surface area contributed by atoms with Crippen LogP contribution in [0.3, 0.4) is 0 Å². The number of carbonyl (C=O) groups is 7. The number of carbonyl (C=O) groups excluding carboxylic acids is 6. The van der Waals surface area contributed by atoms with E-state index in [0.29, 0.717) is 0 Å². The lowest BCUT2D eigenvalue weighted by Gasteiger charge is -2.35. The number of nitrogens with two attached hydrogens (primary N) is 1. The molecule has 15 nitrogen and oxygen atoms in total. The Morgan fingerprint density at radius 3 is 1.53 bits per heavy atom. The first-order valence-corrected chi connectivity index (χ1v) is 14.9. The molecule has 0 saturated carbocycles. The van der Waals surface area contributed by atoms with E-state index < -0.39 is 79.3 Å². The second-order valence-corrected chi connectivity index (χ2v) is 11.6. The summed E-state index contributed by atoms with van der Waals surface area (Å²) >= 11 is 5.24. The summed E-state index contributed by atoms with van der Waals surface area (Å²) in [6.07, 6.45) is -6.50. The monoisotopic (exact) mass is 968 g/mol. The molecule has 0 radical (unpaired) electrons. The van der Waals surface area contributed by atoms with Crippen molar-refractivity contribution in [1.82, 2.24) is 5.32 Å². The van der Waals surface area contributed by atoms with Crippen LogP contribution in [0.1, 0.15) is 55.3 Å². The zero-order valence-electron chi connectivity index (χ0n) is 23.2. The van der Waals surface area contributed by atoms with Gasteiger partial charge in [0.05, 0.1) is 30.5 Å². The topological polar surface area (TPSA) is 224 Å². The average Bonchev–Trinajstić information content (AvgIpc) is 2.84. The van der Waals surface area contributed by atoms with Crippen LogP contribution < -0.4 is 11.1 Å². The minimum absolute atomic E-state index is 0. The SMILES string of the molecule is CC(=O)OCC(OC(C)=O)C(OC(C)=O)C(OC(C)=O)C(CNC(=O)c1c(I)c(N)c(I)c(C(=O)O)c1I)OC(C)=O.Cl. The summed E-state index contributed by atoms with van der Waals surface area (Å²) in [6.45, 7) is 3.91. The lowest BCUT2D eigenvalue weighted by molar-refractivity contribution is -0.202. The quantitative estimate of drug-likeness (QED) is 0.112. The van der Waals surface area contributed by atoms with E-state index in [1.54, 1.807) is 67.8 Å². The number of esters is 5. The summed E-state index contributed by atoms with van der Waals surface area (Å²) < 4.78 is 26.6. The van der Waals surface area contributed by atoms with E-state index in [0.717, 1.165) is 34.6 Å². The van der Waals surface area contributed by atoms with Crippen molar-refractivity contribution in [2.24, 2.45) is 0 Å². The number of ether oxygens (including phenoxy) is 5. The van der Waals surface area contributed by atoms with Crippen LogP contribution in [0.15, 0.2) is 0 Å². The van der Waals surface area contributed by atoms with Crippen molar-refractivity contribution >= 4 is 128 Å². The van der Waals surface area contributed by atoms with Gasteiger partial charge >= 0.3 is 35.8 Å². The van der Waals surface area contributed by atoms with E-state index in [1.165, 1.54) is 0 Å². The fourth-order valence-electron chi connectivity index (χ4n) is 3.49. The molecule has 1 aromatic rings. The molecule has 0 aliphatic rings. The Hall–Kier alpha value is -2.21. The molecule has 0 aliphatic carbocycles. The molecule has 43 heavy (non-hydrogen) atoms. The lowest BCUT2D eigenvalue weighted by atomic mass is 10.0. The van der Waals surface area contributed by atoms with Gasteiger partial charge in [-0.2, -0.15) is 0 Å². The molecule has 0 aliphatic heterocycles. The highest BCUT2D eigenvalue weighted by atomic mass is 127. The first-order chi connectivity index (χ1) is 19.4. The van der Waals surface area contributed by atoms with Gasteiger partial charge in [0.1, 0.15) is 6.61 Å². The van der Waals surface area contributed by atoms with E-state index in [4.69, 9.17) is 29.4 Å². The van der Waals surface area contributed by atoms with E-state index in [-0.39, 0.29) is 39.9 Å². The third-order valence-corrected chi connectivity index (χ3v) is 8.32. The smallest absolute Gasteiger partial charge is 0.337 e. The molecule has 1 aromatic carbocycles. The number of halogens is 4. The Labute approximate surface area is 292 Å². The van der Waals surface area contributed by atoms with Crippen molar-refractivity contribution < 1.29 is 62.4 Å². The maximum Gasteiger partial charge on any atom is 0.337 e. The van der Waals surface area contributed by atoms with Crippen LogP contribution in [0.2, 0.25) is 0 Å². The minimum atomic E-state index is -1.70.